The number of aromatic nitrogens is 1. The van der Waals surface area contributed by atoms with Gasteiger partial charge in [0.05, 0.1) is 5.39 Å². The van der Waals surface area contributed by atoms with E-state index in [9.17, 15) is 9.59 Å². The predicted molar refractivity (Wildman–Crippen MR) is 103 cm³/mol. The van der Waals surface area contributed by atoms with Gasteiger partial charge in [-0.25, -0.2) is 4.98 Å². The van der Waals surface area contributed by atoms with Crippen LogP contribution in [-0.4, -0.2) is 34.0 Å². The van der Waals surface area contributed by atoms with Crippen LogP contribution in [0.15, 0.2) is 63.9 Å². The molecular formula is C22H20N2O4. The van der Waals surface area contributed by atoms with Gasteiger partial charge in [-0.15, -0.1) is 0 Å². The minimum absolute atomic E-state index is 0.0417. The van der Waals surface area contributed by atoms with E-state index < -0.39 is 0 Å². The van der Waals surface area contributed by atoms with Crippen molar-refractivity contribution in [2.45, 2.75) is 43.9 Å². The summed E-state index contributed by atoms with van der Waals surface area (Å²) in [5.74, 6) is 0.531. The molecule has 6 heteroatoms. The van der Waals surface area contributed by atoms with Crippen LogP contribution in [0.3, 0.4) is 0 Å². The number of para-hydroxylation sites is 1. The molecule has 2 aromatic heterocycles. The van der Waals surface area contributed by atoms with Crippen molar-refractivity contribution < 1.29 is 13.9 Å². The molecule has 1 amide bonds. The van der Waals surface area contributed by atoms with Crippen LogP contribution < -0.4 is 10.2 Å². The zero-order valence-corrected chi connectivity index (χ0v) is 15.3. The van der Waals surface area contributed by atoms with Crippen molar-refractivity contribution in [2.24, 2.45) is 0 Å². The van der Waals surface area contributed by atoms with Gasteiger partial charge in [0.2, 0.25) is 5.88 Å². The highest BCUT2D eigenvalue weighted by atomic mass is 16.5. The van der Waals surface area contributed by atoms with Crippen molar-refractivity contribution in [3.63, 3.8) is 0 Å². The summed E-state index contributed by atoms with van der Waals surface area (Å²) in [6.07, 6.45) is 5.16. The molecule has 6 nitrogen and oxygen atoms in total. The molecule has 2 bridgehead atoms. The number of rotatable bonds is 3. The number of fused-ring (bicyclic) bond motifs is 3. The van der Waals surface area contributed by atoms with E-state index in [1.54, 1.807) is 30.5 Å². The zero-order chi connectivity index (χ0) is 19.1. The number of ether oxygens (including phenoxy) is 1. The third-order valence-corrected chi connectivity index (χ3v) is 5.69. The molecule has 142 valence electrons. The normalized spacial score (nSPS) is 23.7. The Hall–Kier alpha value is -3.15. The van der Waals surface area contributed by atoms with E-state index in [1.807, 2.05) is 23.1 Å². The highest BCUT2D eigenvalue weighted by Crippen LogP contribution is 2.38. The lowest BCUT2D eigenvalue weighted by Crippen LogP contribution is -2.49. The summed E-state index contributed by atoms with van der Waals surface area (Å²) in [5.41, 5.74) is 0.255. The molecule has 2 aliphatic heterocycles. The molecule has 28 heavy (non-hydrogen) atoms. The molecule has 2 unspecified atom stereocenters. The first kappa shape index (κ1) is 17.0. The lowest BCUT2D eigenvalue weighted by atomic mass is 9.99. The Morgan fingerprint density at radius 2 is 1.82 bits per heavy atom. The largest absolute Gasteiger partial charge is 0.474 e. The van der Waals surface area contributed by atoms with Crippen LogP contribution >= 0.6 is 0 Å². The van der Waals surface area contributed by atoms with Crippen molar-refractivity contribution in [3.8, 4) is 5.88 Å². The molecular weight excluding hydrogens is 356 g/mol. The number of pyridine rings is 1. The second kappa shape index (κ2) is 6.78. The fourth-order valence-corrected chi connectivity index (χ4v) is 4.48. The first-order valence-electron chi connectivity index (χ1n) is 9.62. The van der Waals surface area contributed by atoms with E-state index in [2.05, 4.69) is 4.98 Å². The summed E-state index contributed by atoms with van der Waals surface area (Å²) in [5, 5.41) is 0.490. The summed E-state index contributed by atoms with van der Waals surface area (Å²) in [7, 11) is 0. The van der Waals surface area contributed by atoms with Crippen molar-refractivity contribution in [1.82, 2.24) is 9.88 Å². The maximum atomic E-state index is 13.2. The van der Waals surface area contributed by atoms with E-state index in [-0.39, 0.29) is 35.3 Å². The SMILES string of the molecule is O=C(c1cc(=O)c2ccccc2o1)N1C2CCC1CC(Oc1ccccn1)C2. The summed E-state index contributed by atoms with van der Waals surface area (Å²) >= 11 is 0. The van der Waals surface area contributed by atoms with E-state index >= 15 is 0 Å². The van der Waals surface area contributed by atoms with Crippen molar-refractivity contribution in [2.75, 3.05) is 0 Å². The number of hydrogen-bond acceptors (Lipinski definition) is 5. The van der Waals surface area contributed by atoms with Crippen molar-refractivity contribution in [1.29, 1.82) is 0 Å². The Morgan fingerprint density at radius 1 is 1.07 bits per heavy atom. The van der Waals surface area contributed by atoms with Crippen LogP contribution in [0.2, 0.25) is 0 Å². The lowest BCUT2D eigenvalue weighted by Gasteiger charge is -2.38. The Kier molecular flexibility index (Phi) is 4.11. The minimum atomic E-state index is -0.202. The molecule has 2 fully saturated rings. The molecule has 3 aromatic rings. The molecule has 0 saturated carbocycles. The Labute approximate surface area is 161 Å². The van der Waals surface area contributed by atoms with E-state index in [0.29, 0.717) is 16.8 Å². The number of nitrogens with zero attached hydrogens (tertiary/aromatic N) is 2. The van der Waals surface area contributed by atoms with Gasteiger partial charge in [-0.1, -0.05) is 18.2 Å². The zero-order valence-electron chi connectivity index (χ0n) is 15.3. The van der Waals surface area contributed by atoms with Crippen LogP contribution in [0.25, 0.3) is 11.0 Å². The minimum Gasteiger partial charge on any atom is -0.474 e. The Bertz CT molecular complexity index is 1060. The number of carbonyl (C=O) groups excluding carboxylic acids is 1. The topological polar surface area (TPSA) is 72.6 Å². The van der Waals surface area contributed by atoms with Gasteiger partial charge in [0.1, 0.15) is 11.7 Å². The number of piperidine rings is 1. The molecule has 2 aliphatic rings. The smallest absolute Gasteiger partial charge is 0.290 e. The number of benzene rings is 1. The molecule has 2 atom stereocenters. The fraction of sp³-hybridized carbons (Fsp3) is 0.318. The van der Waals surface area contributed by atoms with Crippen LogP contribution in [0, 0.1) is 0 Å². The van der Waals surface area contributed by atoms with Gasteiger partial charge in [-0.05, 0) is 31.0 Å². The van der Waals surface area contributed by atoms with Crippen LogP contribution in [-0.2, 0) is 0 Å². The molecule has 4 heterocycles. The maximum absolute atomic E-state index is 13.2. The fourth-order valence-electron chi connectivity index (χ4n) is 4.48. The van der Waals surface area contributed by atoms with Crippen molar-refractivity contribution in [3.05, 3.63) is 70.7 Å². The lowest BCUT2D eigenvalue weighted by molar-refractivity contribution is 0.0323. The van der Waals surface area contributed by atoms with Gasteiger partial charge in [0.15, 0.2) is 11.2 Å². The highest BCUT2D eigenvalue weighted by Gasteiger charge is 2.45. The van der Waals surface area contributed by atoms with Gasteiger partial charge in [0, 0.05) is 43.3 Å². The first-order chi connectivity index (χ1) is 13.7. The predicted octanol–water partition coefficient (Wildman–Crippen LogP) is 3.40. The number of hydrogen-bond donors (Lipinski definition) is 0. The van der Waals surface area contributed by atoms with Crippen LogP contribution in [0.1, 0.15) is 36.2 Å². The van der Waals surface area contributed by atoms with Crippen molar-refractivity contribution >= 4 is 16.9 Å². The first-order valence-corrected chi connectivity index (χ1v) is 9.62. The molecule has 0 radical (unpaired) electrons. The number of amides is 1. The van der Waals surface area contributed by atoms with E-state index in [4.69, 9.17) is 9.15 Å². The second-order valence-corrected chi connectivity index (χ2v) is 7.45. The van der Waals surface area contributed by atoms with Gasteiger partial charge in [-0.3, -0.25) is 9.59 Å². The highest BCUT2D eigenvalue weighted by molar-refractivity contribution is 5.93. The summed E-state index contributed by atoms with van der Waals surface area (Å²) in [6.45, 7) is 0. The molecule has 0 N–H and O–H groups in total. The third kappa shape index (κ3) is 2.95. The molecule has 5 rings (SSSR count). The summed E-state index contributed by atoms with van der Waals surface area (Å²) in [6, 6.07) is 14.1. The summed E-state index contributed by atoms with van der Waals surface area (Å²) < 4.78 is 11.8. The monoisotopic (exact) mass is 376 g/mol. The molecule has 1 aromatic carbocycles. The standard InChI is InChI=1S/C22H20N2O4/c25-18-13-20(28-19-6-2-1-5-17(18)19)22(26)24-14-8-9-15(24)12-16(11-14)27-21-7-3-4-10-23-21/h1-7,10,13-16H,8-9,11-12H2. The third-order valence-electron chi connectivity index (χ3n) is 5.69. The van der Waals surface area contributed by atoms with Gasteiger partial charge >= 0.3 is 0 Å². The van der Waals surface area contributed by atoms with Crippen LogP contribution in [0.5, 0.6) is 5.88 Å². The van der Waals surface area contributed by atoms with Crippen LogP contribution in [0.4, 0.5) is 0 Å². The van der Waals surface area contributed by atoms with Gasteiger partial charge in [-0.2, -0.15) is 0 Å². The average molecular weight is 376 g/mol. The van der Waals surface area contributed by atoms with E-state index in [0.717, 1.165) is 25.7 Å². The van der Waals surface area contributed by atoms with Gasteiger partial charge in [0.25, 0.3) is 5.91 Å². The van der Waals surface area contributed by atoms with Gasteiger partial charge < -0.3 is 14.1 Å². The second-order valence-electron chi connectivity index (χ2n) is 7.45. The quantitative estimate of drug-likeness (QED) is 0.700. The Morgan fingerprint density at radius 3 is 2.57 bits per heavy atom. The maximum Gasteiger partial charge on any atom is 0.290 e. The molecule has 0 aliphatic carbocycles. The number of carbonyl (C=O) groups is 1. The molecule has 2 saturated heterocycles. The molecule has 0 spiro atoms. The Balaban J connectivity index is 1.38. The summed E-state index contributed by atoms with van der Waals surface area (Å²) in [4.78, 5) is 31.6. The van der Waals surface area contributed by atoms with E-state index in [1.165, 1.54) is 6.07 Å². The average Bonchev–Trinajstić information content (AvgIpc) is 2.98.